The van der Waals surface area contributed by atoms with Gasteiger partial charge in [-0.1, -0.05) is 31.8 Å². The van der Waals surface area contributed by atoms with Crippen LogP contribution in [0.15, 0.2) is 12.1 Å². The van der Waals surface area contributed by atoms with Crippen molar-refractivity contribution in [2.45, 2.75) is 59.3 Å². The number of rotatable bonds is 3. The number of nitrogens with two attached hydrogens (primary N) is 1. The van der Waals surface area contributed by atoms with Crippen LogP contribution in [0.4, 0.5) is 5.69 Å². The number of nitrogen functional groups attached to an aromatic ring is 1. The Morgan fingerprint density at radius 1 is 1.26 bits per heavy atom. The standard InChI is InChI=1S/C10H18O2.C9H12BN/c1-3-8-4-6-9(7-5-8)10(11)12-2;1-3-8-6(2)4-7(10)5-9(8)11/h8-9H,3-7H2,1-2H3;4-5H,3,11H2,1-2H3. The Kier molecular flexibility index (Phi) is 8.22. The minimum Gasteiger partial charge on any atom is -0.469 e. The van der Waals surface area contributed by atoms with Crippen LogP contribution in [0.2, 0.25) is 0 Å². The van der Waals surface area contributed by atoms with E-state index in [1.54, 1.807) is 0 Å². The third-order valence-electron chi connectivity index (χ3n) is 4.84. The van der Waals surface area contributed by atoms with Gasteiger partial charge in [0.25, 0.3) is 0 Å². The van der Waals surface area contributed by atoms with Crippen molar-refractivity contribution in [3.63, 3.8) is 0 Å². The second-order valence-electron chi connectivity index (χ2n) is 6.41. The van der Waals surface area contributed by atoms with Gasteiger partial charge in [0.1, 0.15) is 7.85 Å². The van der Waals surface area contributed by atoms with Gasteiger partial charge in [-0.2, -0.15) is 0 Å². The molecule has 0 aromatic heterocycles. The summed E-state index contributed by atoms with van der Waals surface area (Å²) < 4.78 is 4.72. The van der Waals surface area contributed by atoms with Gasteiger partial charge in [0.05, 0.1) is 13.0 Å². The lowest BCUT2D eigenvalue weighted by molar-refractivity contribution is -0.146. The van der Waals surface area contributed by atoms with Crippen LogP contribution in [0, 0.1) is 18.8 Å². The Bertz CT molecular complexity index is 485. The van der Waals surface area contributed by atoms with Gasteiger partial charge in [-0.3, -0.25) is 4.79 Å². The molecule has 4 heteroatoms. The molecular formula is C19H30BNO2. The van der Waals surface area contributed by atoms with E-state index in [1.807, 2.05) is 19.1 Å². The predicted octanol–water partition coefficient (Wildman–Crippen LogP) is 3.31. The van der Waals surface area contributed by atoms with Crippen LogP contribution in [-0.4, -0.2) is 20.9 Å². The van der Waals surface area contributed by atoms with Crippen LogP contribution in [0.5, 0.6) is 0 Å². The number of benzene rings is 1. The van der Waals surface area contributed by atoms with Gasteiger partial charge in [0.2, 0.25) is 0 Å². The first-order valence-electron chi connectivity index (χ1n) is 8.65. The van der Waals surface area contributed by atoms with Crippen molar-refractivity contribution in [1.29, 1.82) is 0 Å². The van der Waals surface area contributed by atoms with Crippen molar-refractivity contribution >= 4 is 25.0 Å². The summed E-state index contributed by atoms with van der Waals surface area (Å²) in [6.07, 6.45) is 6.70. The lowest BCUT2D eigenvalue weighted by Crippen LogP contribution is -2.22. The fourth-order valence-corrected chi connectivity index (χ4v) is 3.33. The molecule has 0 aliphatic heterocycles. The zero-order valence-corrected chi connectivity index (χ0v) is 15.0. The minimum atomic E-state index is -0.00967. The number of ether oxygens (including phenoxy) is 1. The van der Waals surface area contributed by atoms with Crippen molar-refractivity contribution in [1.82, 2.24) is 0 Å². The lowest BCUT2D eigenvalue weighted by Gasteiger charge is -2.25. The normalized spacial score (nSPS) is 20.3. The summed E-state index contributed by atoms with van der Waals surface area (Å²) in [6.45, 7) is 6.35. The average molecular weight is 315 g/mol. The molecule has 0 amide bonds. The molecule has 0 heterocycles. The average Bonchev–Trinajstić information content (AvgIpc) is 2.54. The predicted molar refractivity (Wildman–Crippen MR) is 98.1 cm³/mol. The van der Waals surface area contributed by atoms with E-state index >= 15 is 0 Å². The largest absolute Gasteiger partial charge is 0.469 e. The highest BCUT2D eigenvalue weighted by Crippen LogP contribution is 2.30. The molecule has 3 nitrogen and oxygen atoms in total. The van der Waals surface area contributed by atoms with E-state index in [1.165, 1.54) is 37.5 Å². The molecule has 23 heavy (non-hydrogen) atoms. The molecule has 1 aromatic rings. The number of methoxy groups -OCH3 is 1. The number of hydrogen-bond acceptors (Lipinski definition) is 3. The maximum atomic E-state index is 11.1. The summed E-state index contributed by atoms with van der Waals surface area (Å²) >= 11 is 0. The molecule has 0 bridgehead atoms. The van der Waals surface area contributed by atoms with Gasteiger partial charge in [0.15, 0.2) is 0 Å². The number of carbonyl (C=O) groups is 1. The Labute approximate surface area is 142 Å². The molecular weight excluding hydrogens is 285 g/mol. The van der Waals surface area contributed by atoms with Gasteiger partial charge in [-0.15, -0.1) is 0 Å². The Balaban J connectivity index is 0.000000231. The highest BCUT2D eigenvalue weighted by atomic mass is 16.5. The molecule has 1 aromatic carbocycles. The minimum absolute atomic E-state index is 0.00967. The highest BCUT2D eigenvalue weighted by molar-refractivity contribution is 6.32. The Morgan fingerprint density at radius 2 is 1.87 bits per heavy atom. The van der Waals surface area contributed by atoms with Crippen molar-refractivity contribution in [3.05, 3.63) is 23.3 Å². The van der Waals surface area contributed by atoms with E-state index in [9.17, 15) is 4.79 Å². The molecule has 1 saturated carbocycles. The summed E-state index contributed by atoms with van der Waals surface area (Å²) in [5.74, 6) is 1.04. The van der Waals surface area contributed by atoms with Crippen LogP contribution in [-0.2, 0) is 16.0 Å². The van der Waals surface area contributed by atoms with E-state index in [0.29, 0.717) is 0 Å². The van der Waals surface area contributed by atoms with Crippen molar-refractivity contribution in [3.8, 4) is 0 Å². The van der Waals surface area contributed by atoms with E-state index < -0.39 is 0 Å². The first-order valence-corrected chi connectivity index (χ1v) is 8.65. The monoisotopic (exact) mass is 315 g/mol. The molecule has 2 radical (unpaired) electrons. The Hall–Kier alpha value is -1.45. The molecule has 1 aliphatic carbocycles. The van der Waals surface area contributed by atoms with Gasteiger partial charge in [-0.05, 0) is 62.1 Å². The SMILES string of the molecule is CCC1CCC(C(=O)OC)CC1.[B]c1cc(C)c(CC)c(N)c1. The summed E-state index contributed by atoms with van der Waals surface area (Å²) in [7, 11) is 7.08. The van der Waals surface area contributed by atoms with Gasteiger partial charge in [-0.25, -0.2) is 0 Å². The first kappa shape index (κ1) is 19.6. The number of hydrogen-bond donors (Lipinski definition) is 1. The third-order valence-corrected chi connectivity index (χ3v) is 4.84. The second kappa shape index (κ2) is 9.64. The zero-order valence-electron chi connectivity index (χ0n) is 15.0. The molecule has 2 rings (SSSR count). The topological polar surface area (TPSA) is 52.3 Å². The van der Waals surface area contributed by atoms with E-state index in [2.05, 4.69) is 13.8 Å². The number of carbonyl (C=O) groups excluding carboxylic acids is 1. The molecule has 0 unspecified atom stereocenters. The van der Waals surface area contributed by atoms with Crippen molar-refractivity contribution < 1.29 is 9.53 Å². The summed E-state index contributed by atoms with van der Waals surface area (Å²) in [6, 6.07) is 3.76. The molecule has 1 aliphatic rings. The van der Waals surface area contributed by atoms with Crippen LogP contribution in [0.1, 0.15) is 57.1 Å². The fraction of sp³-hybridized carbons (Fsp3) is 0.632. The van der Waals surface area contributed by atoms with Gasteiger partial charge < -0.3 is 10.5 Å². The quantitative estimate of drug-likeness (QED) is 0.529. The van der Waals surface area contributed by atoms with Gasteiger partial charge >= 0.3 is 5.97 Å². The maximum absolute atomic E-state index is 11.1. The Morgan fingerprint density at radius 3 is 2.30 bits per heavy atom. The molecule has 0 atom stereocenters. The smallest absolute Gasteiger partial charge is 0.308 e. The zero-order chi connectivity index (χ0) is 17.4. The van der Waals surface area contributed by atoms with E-state index in [4.69, 9.17) is 18.3 Å². The second-order valence-corrected chi connectivity index (χ2v) is 6.41. The fourth-order valence-electron chi connectivity index (χ4n) is 3.33. The van der Waals surface area contributed by atoms with Crippen LogP contribution < -0.4 is 11.2 Å². The summed E-state index contributed by atoms with van der Waals surface area (Å²) in [5, 5.41) is 0. The number of aryl methyl sites for hydroxylation is 1. The van der Waals surface area contributed by atoms with Crippen LogP contribution in [0.3, 0.4) is 0 Å². The lowest BCUT2D eigenvalue weighted by atomic mass is 9.81. The van der Waals surface area contributed by atoms with Crippen molar-refractivity contribution in [2.24, 2.45) is 11.8 Å². The molecule has 1 fully saturated rings. The summed E-state index contributed by atoms with van der Waals surface area (Å²) in [5.41, 5.74) is 9.70. The van der Waals surface area contributed by atoms with E-state index in [0.717, 1.165) is 36.3 Å². The number of anilines is 1. The molecule has 0 spiro atoms. The first-order chi connectivity index (χ1) is 10.9. The van der Waals surface area contributed by atoms with E-state index in [-0.39, 0.29) is 11.9 Å². The molecule has 0 saturated heterocycles. The van der Waals surface area contributed by atoms with Crippen molar-refractivity contribution in [2.75, 3.05) is 12.8 Å². The maximum Gasteiger partial charge on any atom is 0.308 e. The third kappa shape index (κ3) is 5.93. The van der Waals surface area contributed by atoms with Crippen LogP contribution in [0.25, 0.3) is 0 Å². The summed E-state index contributed by atoms with van der Waals surface area (Å²) in [4.78, 5) is 11.1. The molecule has 2 N–H and O–H groups in total. The van der Waals surface area contributed by atoms with Crippen LogP contribution >= 0.6 is 0 Å². The number of esters is 1. The molecule has 126 valence electrons. The highest BCUT2D eigenvalue weighted by Gasteiger charge is 2.25. The van der Waals surface area contributed by atoms with Gasteiger partial charge in [0, 0.05) is 5.69 Å².